The molecule has 0 radical (unpaired) electrons. The number of nitrogens with zero attached hydrogens (tertiary/aromatic N) is 1. The Labute approximate surface area is 163 Å². The van der Waals surface area contributed by atoms with E-state index in [4.69, 9.17) is 22.3 Å². The number of carboxylic acid groups (broad SMARTS) is 1. The maximum absolute atomic E-state index is 12.3. The van der Waals surface area contributed by atoms with Gasteiger partial charge in [-0.15, -0.1) is 0 Å². The molecule has 0 fully saturated rings. The maximum atomic E-state index is 12.3. The third-order valence-corrected chi connectivity index (χ3v) is 3.66. The number of amides is 3. The van der Waals surface area contributed by atoms with Crippen molar-refractivity contribution in [2.24, 2.45) is 28.1 Å². The predicted molar refractivity (Wildman–Crippen MR) is 103 cm³/mol. The third kappa shape index (κ3) is 10.3. The summed E-state index contributed by atoms with van der Waals surface area (Å²) in [5.41, 5.74) is 16.0. The van der Waals surface area contributed by atoms with Crippen LogP contribution in [0.5, 0.6) is 0 Å². The van der Waals surface area contributed by atoms with E-state index in [-0.39, 0.29) is 24.8 Å². The molecule has 160 valence electrons. The number of rotatable bonds is 12. The van der Waals surface area contributed by atoms with Crippen LogP contribution in [0.4, 0.5) is 0 Å². The Kier molecular flexibility index (Phi) is 11.2. The van der Waals surface area contributed by atoms with Crippen LogP contribution in [0.25, 0.3) is 0 Å². The first kappa shape index (κ1) is 25.1. The van der Waals surface area contributed by atoms with Gasteiger partial charge < -0.3 is 38.3 Å². The van der Waals surface area contributed by atoms with Crippen molar-refractivity contribution in [3.05, 3.63) is 0 Å². The molecule has 0 spiro atoms. The van der Waals surface area contributed by atoms with E-state index in [1.807, 2.05) is 0 Å². The summed E-state index contributed by atoms with van der Waals surface area (Å²) in [4.78, 5) is 51.0. The van der Waals surface area contributed by atoms with Gasteiger partial charge in [0.25, 0.3) is 0 Å². The van der Waals surface area contributed by atoms with E-state index in [1.54, 1.807) is 13.8 Å². The van der Waals surface area contributed by atoms with Crippen LogP contribution < -0.4 is 33.2 Å². The van der Waals surface area contributed by atoms with Crippen LogP contribution in [0.1, 0.15) is 33.6 Å². The molecule has 12 heteroatoms. The smallest absolute Gasteiger partial charge is 0.326 e. The lowest BCUT2D eigenvalue weighted by molar-refractivity contribution is -0.143. The SMILES string of the molecule is CC(N)C(=O)NC(CCCN=C(N)N)C(=O)NCC(=O)NC(C(=O)O)C(C)C. The molecule has 0 rings (SSSR count). The van der Waals surface area contributed by atoms with Gasteiger partial charge in [0, 0.05) is 6.54 Å². The molecule has 0 saturated carbocycles. The highest BCUT2D eigenvalue weighted by molar-refractivity contribution is 5.92. The van der Waals surface area contributed by atoms with Crippen molar-refractivity contribution >= 4 is 29.7 Å². The fraction of sp³-hybridized carbons (Fsp3) is 0.688. The second-order valence-electron chi connectivity index (χ2n) is 6.64. The minimum atomic E-state index is -1.17. The van der Waals surface area contributed by atoms with Crippen LogP contribution in [0, 0.1) is 5.92 Å². The second-order valence-corrected chi connectivity index (χ2v) is 6.64. The molecule has 0 aromatic heterocycles. The van der Waals surface area contributed by atoms with Crippen molar-refractivity contribution in [3.63, 3.8) is 0 Å². The minimum absolute atomic E-state index is 0.0876. The summed E-state index contributed by atoms with van der Waals surface area (Å²) in [5.74, 6) is -3.38. The Bertz CT molecular complexity index is 588. The fourth-order valence-corrected chi connectivity index (χ4v) is 2.10. The number of carbonyl (C=O) groups excluding carboxylic acids is 3. The molecule has 10 N–H and O–H groups in total. The summed E-state index contributed by atoms with van der Waals surface area (Å²) in [7, 11) is 0. The largest absolute Gasteiger partial charge is 0.480 e. The lowest BCUT2D eigenvalue weighted by Gasteiger charge is -2.20. The summed E-state index contributed by atoms with van der Waals surface area (Å²) in [6.07, 6.45) is 0.613. The summed E-state index contributed by atoms with van der Waals surface area (Å²) in [6.45, 7) is 4.58. The number of hydrogen-bond donors (Lipinski definition) is 7. The van der Waals surface area contributed by atoms with Gasteiger partial charge in [-0.2, -0.15) is 0 Å². The van der Waals surface area contributed by atoms with E-state index in [2.05, 4.69) is 20.9 Å². The Morgan fingerprint density at radius 2 is 1.64 bits per heavy atom. The lowest BCUT2D eigenvalue weighted by atomic mass is 10.0. The zero-order valence-corrected chi connectivity index (χ0v) is 16.4. The summed E-state index contributed by atoms with van der Waals surface area (Å²) < 4.78 is 0. The molecule has 0 saturated heterocycles. The summed E-state index contributed by atoms with van der Waals surface area (Å²) in [6, 6.07) is -2.84. The van der Waals surface area contributed by atoms with Crippen molar-refractivity contribution in [2.75, 3.05) is 13.1 Å². The number of carbonyl (C=O) groups is 4. The Morgan fingerprint density at radius 1 is 1.04 bits per heavy atom. The van der Waals surface area contributed by atoms with Gasteiger partial charge >= 0.3 is 5.97 Å². The van der Waals surface area contributed by atoms with Gasteiger partial charge in [-0.3, -0.25) is 19.4 Å². The van der Waals surface area contributed by atoms with E-state index in [0.717, 1.165) is 0 Å². The number of hydrogen-bond acceptors (Lipinski definition) is 6. The summed E-state index contributed by atoms with van der Waals surface area (Å²) >= 11 is 0. The standard InChI is InChI=1S/C16H31N7O5/c1-8(2)12(15(27)28)23-11(24)7-21-14(26)10(22-13(25)9(3)17)5-4-6-20-16(18)19/h8-10,12H,4-7,17H2,1-3H3,(H,21,26)(H,22,25)(H,23,24)(H,27,28)(H4,18,19,20). The highest BCUT2D eigenvalue weighted by Gasteiger charge is 2.25. The molecule has 12 nitrogen and oxygen atoms in total. The maximum Gasteiger partial charge on any atom is 0.326 e. The van der Waals surface area contributed by atoms with Crippen molar-refractivity contribution in [1.82, 2.24) is 16.0 Å². The van der Waals surface area contributed by atoms with Crippen molar-refractivity contribution in [1.29, 1.82) is 0 Å². The number of aliphatic carboxylic acids is 1. The van der Waals surface area contributed by atoms with Crippen LogP contribution in [0.2, 0.25) is 0 Å². The van der Waals surface area contributed by atoms with E-state index < -0.39 is 48.4 Å². The number of nitrogens with one attached hydrogen (secondary N) is 3. The highest BCUT2D eigenvalue weighted by Crippen LogP contribution is 2.02. The third-order valence-electron chi connectivity index (χ3n) is 3.66. The van der Waals surface area contributed by atoms with Gasteiger partial charge in [-0.1, -0.05) is 13.8 Å². The van der Waals surface area contributed by atoms with Crippen LogP contribution in [0.3, 0.4) is 0 Å². The molecular formula is C16H31N7O5. The van der Waals surface area contributed by atoms with Crippen molar-refractivity contribution in [2.45, 2.75) is 51.7 Å². The van der Waals surface area contributed by atoms with E-state index in [1.165, 1.54) is 6.92 Å². The first-order valence-electron chi connectivity index (χ1n) is 8.86. The molecule has 0 aromatic carbocycles. The lowest BCUT2D eigenvalue weighted by Crippen LogP contribution is -2.53. The predicted octanol–water partition coefficient (Wildman–Crippen LogP) is -2.79. The monoisotopic (exact) mass is 401 g/mol. The van der Waals surface area contributed by atoms with Gasteiger partial charge in [0.15, 0.2) is 5.96 Å². The Balaban J connectivity index is 4.79. The average Bonchev–Trinajstić information content (AvgIpc) is 2.58. The molecule has 28 heavy (non-hydrogen) atoms. The quantitative estimate of drug-likeness (QED) is 0.103. The topological polar surface area (TPSA) is 215 Å². The zero-order chi connectivity index (χ0) is 21.9. The molecule has 0 aliphatic carbocycles. The molecule has 3 atom stereocenters. The van der Waals surface area contributed by atoms with Gasteiger partial charge in [0.05, 0.1) is 12.6 Å². The van der Waals surface area contributed by atoms with Crippen LogP contribution >= 0.6 is 0 Å². The van der Waals surface area contributed by atoms with E-state index >= 15 is 0 Å². The van der Waals surface area contributed by atoms with E-state index in [9.17, 15) is 19.2 Å². The van der Waals surface area contributed by atoms with Gasteiger partial charge in [0.2, 0.25) is 17.7 Å². The average molecular weight is 401 g/mol. The van der Waals surface area contributed by atoms with Gasteiger partial charge in [0.1, 0.15) is 12.1 Å². The normalized spacial score (nSPS) is 13.8. The summed E-state index contributed by atoms with van der Waals surface area (Å²) in [5, 5.41) is 16.3. The van der Waals surface area contributed by atoms with Crippen molar-refractivity contribution < 1.29 is 24.3 Å². The Morgan fingerprint density at radius 3 is 2.11 bits per heavy atom. The first-order chi connectivity index (χ1) is 13.0. The van der Waals surface area contributed by atoms with Crippen molar-refractivity contribution in [3.8, 4) is 0 Å². The van der Waals surface area contributed by atoms with Crippen LogP contribution in [-0.2, 0) is 19.2 Å². The van der Waals surface area contributed by atoms with Gasteiger partial charge in [-0.25, -0.2) is 4.79 Å². The number of carboxylic acids is 1. The molecule has 0 bridgehead atoms. The van der Waals surface area contributed by atoms with E-state index in [0.29, 0.717) is 6.42 Å². The molecule has 3 unspecified atom stereocenters. The van der Waals surface area contributed by atoms with Gasteiger partial charge in [-0.05, 0) is 25.7 Å². The fourth-order valence-electron chi connectivity index (χ4n) is 2.10. The molecule has 3 amide bonds. The minimum Gasteiger partial charge on any atom is -0.480 e. The molecule has 0 aliphatic heterocycles. The first-order valence-corrected chi connectivity index (χ1v) is 8.86. The zero-order valence-electron chi connectivity index (χ0n) is 16.4. The number of nitrogens with two attached hydrogens (primary N) is 3. The second kappa shape index (κ2) is 12.5. The molecule has 0 aromatic rings. The number of aliphatic imine (C=N–C) groups is 1. The molecular weight excluding hydrogens is 370 g/mol. The van der Waals surface area contributed by atoms with Crippen LogP contribution in [0.15, 0.2) is 4.99 Å². The Hall–Kier alpha value is -2.89. The molecule has 0 aliphatic rings. The van der Waals surface area contributed by atoms with Crippen LogP contribution in [-0.4, -0.2) is 66.0 Å². The highest BCUT2D eigenvalue weighted by atomic mass is 16.4. The molecule has 0 heterocycles. The number of guanidine groups is 1.